The molecular formula is C13H12O. The van der Waals surface area contributed by atoms with Gasteiger partial charge >= 0.3 is 0 Å². The van der Waals surface area contributed by atoms with Gasteiger partial charge in [-0.2, -0.15) is 0 Å². The fourth-order valence-electron chi connectivity index (χ4n) is 1.54. The molecule has 0 heterocycles. The van der Waals surface area contributed by atoms with Crippen LogP contribution in [0.25, 0.3) is 16.8 Å². The van der Waals surface area contributed by atoms with Crippen molar-refractivity contribution in [2.45, 2.75) is 0 Å². The summed E-state index contributed by atoms with van der Waals surface area (Å²) in [5, 5.41) is 2.51. The van der Waals surface area contributed by atoms with Crippen molar-refractivity contribution in [3.8, 4) is 0 Å². The Bertz CT molecular complexity index is 452. The van der Waals surface area contributed by atoms with E-state index >= 15 is 0 Å². The van der Waals surface area contributed by atoms with E-state index in [0.717, 1.165) is 0 Å². The molecule has 0 fully saturated rings. The molecule has 0 bridgehead atoms. The van der Waals surface area contributed by atoms with Gasteiger partial charge in [0.05, 0.1) is 13.4 Å². The summed E-state index contributed by atoms with van der Waals surface area (Å²) in [4.78, 5) is 0. The van der Waals surface area contributed by atoms with Gasteiger partial charge in [0.2, 0.25) is 0 Å². The van der Waals surface area contributed by atoms with Crippen molar-refractivity contribution < 1.29 is 4.74 Å². The Morgan fingerprint density at radius 3 is 2.64 bits per heavy atom. The summed E-state index contributed by atoms with van der Waals surface area (Å²) >= 11 is 0. The number of methoxy groups -OCH3 is 1. The van der Waals surface area contributed by atoms with Gasteiger partial charge in [-0.05, 0) is 22.4 Å². The number of ether oxygens (including phenoxy) is 1. The van der Waals surface area contributed by atoms with Crippen LogP contribution in [-0.4, -0.2) is 7.11 Å². The van der Waals surface area contributed by atoms with E-state index in [-0.39, 0.29) is 0 Å². The molecule has 0 saturated heterocycles. The maximum Gasteiger partial charge on any atom is 0.0830 e. The zero-order chi connectivity index (χ0) is 9.80. The molecule has 1 heteroatoms. The SMILES string of the molecule is CO/C=C/c1cccc2ccccc12. The van der Waals surface area contributed by atoms with Gasteiger partial charge < -0.3 is 4.74 Å². The lowest BCUT2D eigenvalue weighted by atomic mass is 10.1. The van der Waals surface area contributed by atoms with E-state index in [1.54, 1.807) is 13.4 Å². The van der Waals surface area contributed by atoms with Crippen molar-refractivity contribution in [3.63, 3.8) is 0 Å². The third-order valence-corrected chi connectivity index (χ3v) is 2.21. The molecule has 0 aromatic heterocycles. The molecule has 2 aromatic carbocycles. The molecule has 70 valence electrons. The second kappa shape index (κ2) is 3.97. The molecule has 0 radical (unpaired) electrons. The molecule has 0 aliphatic carbocycles. The number of rotatable bonds is 2. The molecular weight excluding hydrogens is 172 g/mol. The minimum absolute atomic E-state index is 1.19. The first-order chi connectivity index (χ1) is 6.92. The molecule has 14 heavy (non-hydrogen) atoms. The van der Waals surface area contributed by atoms with Crippen molar-refractivity contribution in [3.05, 3.63) is 54.3 Å². The van der Waals surface area contributed by atoms with Gasteiger partial charge in [-0.1, -0.05) is 42.5 Å². The maximum atomic E-state index is 4.91. The summed E-state index contributed by atoms with van der Waals surface area (Å²) < 4.78 is 4.91. The first-order valence-corrected chi connectivity index (χ1v) is 4.59. The molecule has 0 N–H and O–H groups in total. The molecule has 2 rings (SSSR count). The van der Waals surface area contributed by atoms with Gasteiger partial charge in [0.15, 0.2) is 0 Å². The van der Waals surface area contributed by atoms with E-state index in [0.29, 0.717) is 0 Å². The van der Waals surface area contributed by atoms with E-state index in [9.17, 15) is 0 Å². The third-order valence-electron chi connectivity index (χ3n) is 2.21. The average Bonchev–Trinajstić information content (AvgIpc) is 2.26. The minimum Gasteiger partial charge on any atom is -0.504 e. The fourth-order valence-corrected chi connectivity index (χ4v) is 1.54. The highest BCUT2D eigenvalue weighted by Gasteiger charge is 1.95. The quantitative estimate of drug-likeness (QED) is 0.649. The first-order valence-electron chi connectivity index (χ1n) is 4.59. The highest BCUT2D eigenvalue weighted by Crippen LogP contribution is 2.19. The van der Waals surface area contributed by atoms with Gasteiger partial charge in [-0.3, -0.25) is 0 Å². The number of benzene rings is 2. The predicted octanol–water partition coefficient (Wildman–Crippen LogP) is 3.46. The van der Waals surface area contributed by atoms with E-state index in [1.165, 1.54) is 16.3 Å². The number of hydrogen-bond acceptors (Lipinski definition) is 1. The lowest BCUT2D eigenvalue weighted by Gasteiger charge is -2.00. The Hall–Kier alpha value is -1.76. The van der Waals surface area contributed by atoms with Crippen molar-refractivity contribution in [2.75, 3.05) is 7.11 Å². The van der Waals surface area contributed by atoms with E-state index in [4.69, 9.17) is 4.74 Å². The van der Waals surface area contributed by atoms with Crippen LogP contribution in [0.4, 0.5) is 0 Å². The monoisotopic (exact) mass is 184 g/mol. The summed E-state index contributed by atoms with van der Waals surface area (Å²) in [6.07, 6.45) is 3.67. The zero-order valence-electron chi connectivity index (χ0n) is 8.10. The van der Waals surface area contributed by atoms with Gasteiger partial charge in [-0.25, -0.2) is 0 Å². The van der Waals surface area contributed by atoms with Crippen LogP contribution in [0.15, 0.2) is 48.7 Å². The largest absolute Gasteiger partial charge is 0.504 e. The minimum atomic E-state index is 1.19. The second-order valence-corrected chi connectivity index (χ2v) is 3.11. The highest BCUT2D eigenvalue weighted by atomic mass is 16.5. The lowest BCUT2D eigenvalue weighted by molar-refractivity contribution is 0.341. The van der Waals surface area contributed by atoms with Gasteiger partial charge in [0.25, 0.3) is 0 Å². The van der Waals surface area contributed by atoms with Crippen molar-refractivity contribution in [2.24, 2.45) is 0 Å². The lowest BCUT2D eigenvalue weighted by Crippen LogP contribution is -1.77. The van der Waals surface area contributed by atoms with Crippen molar-refractivity contribution in [1.82, 2.24) is 0 Å². The fraction of sp³-hybridized carbons (Fsp3) is 0.0769. The summed E-state index contributed by atoms with van der Waals surface area (Å²) in [6, 6.07) is 14.6. The molecule has 0 aliphatic heterocycles. The normalized spacial score (nSPS) is 10.9. The van der Waals surface area contributed by atoms with E-state index in [1.807, 2.05) is 18.2 Å². The Kier molecular flexibility index (Phi) is 2.50. The Morgan fingerprint density at radius 2 is 1.79 bits per heavy atom. The topological polar surface area (TPSA) is 9.23 Å². The van der Waals surface area contributed by atoms with Crippen LogP contribution in [0.1, 0.15) is 5.56 Å². The second-order valence-electron chi connectivity index (χ2n) is 3.11. The summed E-state index contributed by atoms with van der Waals surface area (Å²) in [7, 11) is 1.65. The number of fused-ring (bicyclic) bond motifs is 1. The zero-order valence-corrected chi connectivity index (χ0v) is 8.10. The van der Waals surface area contributed by atoms with Gasteiger partial charge in [0.1, 0.15) is 0 Å². The molecule has 0 amide bonds. The van der Waals surface area contributed by atoms with Crippen LogP contribution < -0.4 is 0 Å². The van der Waals surface area contributed by atoms with Crippen LogP contribution in [0, 0.1) is 0 Å². The van der Waals surface area contributed by atoms with E-state index in [2.05, 4.69) is 30.3 Å². The summed E-state index contributed by atoms with van der Waals surface area (Å²) in [5.41, 5.74) is 1.19. The molecule has 0 aliphatic rings. The van der Waals surface area contributed by atoms with Crippen LogP contribution in [0.2, 0.25) is 0 Å². The summed E-state index contributed by atoms with van der Waals surface area (Å²) in [5.74, 6) is 0. The van der Waals surface area contributed by atoms with Crippen LogP contribution in [0.5, 0.6) is 0 Å². The van der Waals surface area contributed by atoms with Gasteiger partial charge in [-0.15, -0.1) is 0 Å². The molecule has 0 unspecified atom stereocenters. The Morgan fingerprint density at radius 1 is 1.00 bits per heavy atom. The Labute approximate surface area is 83.6 Å². The molecule has 0 atom stereocenters. The third kappa shape index (κ3) is 1.62. The van der Waals surface area contributed by atoms with Gasteiger partial charge in [0, 0.05) is 0 Å². The molecule has 2 aromatic rings. The number of hydrogen-bond donors (Lipinski definition) is 0. The first kappa shape index (κ1) is 8.82. The average molecular weight is 184 g/mol. The van der Waals surface area contributed by atoms with Crippen LogP contribution in [-0.2, 0) is 4.74 Å². The van der Waals surface area contributed by atoms with Crippen LogP contribution >= 0.6 is 0 Å². The standard InChI is InChI=1S/C13H12O/c1-14-10-9-12-7-4-6-11-5-2-3-8-13(11)12/h2-10H,1H3/b10-9+. The molecule has 0 saturated carbocycles. The smallest absolute Gasteiger partial charge is 0.0830 e. The van der Waals surface area contributed by atoms with Crippen molar-refractivity contribution >= 4 is 16.8 Å². The van der Waals surface area contributed by atoms with Crippen molar-refractivity contribution in [1.29, 1.82) is 0 Å². The van der Waals surface area contributed by atoms with Crippen LogP contribution in [0.3, 0.4) is 0 Å². The highest BCUT2D eigenvalue weighted by molar-refractivity contribution is 5.90. The maximum absolute atomic E-state index is 4.91. The Balaban J connectivity index is 2.59. The summed E-state index contributed by atoms with van der Waals surface area (Å²) in [6.45, 7) is 0. The molecule has 1 nitrogen and oxygen atoms in total. The predicted molar refractivity (Wildman–Crippen MR) is 60.0 cm³/mol. The molecule has 0 spiro atoms. The van der Waals surface area contributed by atoms with E-state index < -0.39 is 0 Å².